The molecule has 1 rings (SSSR count). The number of carbonyl (C=O) groups is 4. The van der Waals surface area contributed by atoms with E-state index in [9.17, 15) is 19.2 Å². The first-order chi connectivity index (χ1) is 13.1. The minimum Gasteiger partial charge on any atom is -0.480 e. The van der Waals surface area contributed by atoms with Crippen LogP contribution in [0.25, 0.3) is 0 Å². The number of nitrogens with two attached hydrogens (primary N) is 1. The molecule has 0 saturated carbocycles. The van der Waals surface area contributed by atoms with Gasteiger partial charge < -0.3 is 26.4 Å². The molecule has 5 N–H and O–H groups in total. The van der Waals surface area contributed by atoms with E-state index in [0.717, 1.165) is 0 Å². The zero-order chi connectivity index (χ0) is 21.4. The maximum absolute atomic E-state index is 12.8. The fourth-order valence-electron chi connectivity index (χ4n) is 3.02. The van der Waals surface area contributed by atoms with Crippen molar-refractivity contribution in [2.45, 2.75) is 57.3 Å². The van der Waals surface area contributed by atoms with E-state index in [0.29, 0.717) is 25.8 Å². The highest BCUT2D eigenvalue weighted by Gasteiger charge is 2.37. The predicted octanol–water partition coefficient (Wildman–Crippen LogP) is -0.735. The summed E-state index contributed by atoms with van der Waals surface area (Å²) in [5, 5.41) is 14.2. The van der Waals surface area contributed by atoms with Gasteiger partial charge in [-0.05, 0) is 25.2 Å². The molecule has 1 fully saturated rings. The number of aliphatic carboxylic acids is 1. The Labute approximate surface area is 176 Å². The predicted molar refractivity (Wildman–Crippen MR) is 111 cm³/mol. The lowest BCUT2D eigenvalue weighted by Crippen LogP contribution is -2.57. The Morgan fingerprint density at radius 2 is 1.79 bits per heavy atom. The number of carbonyl (C=O) groups excluding carboxylic acids is 3. The maximum atomic E-state index is 12.8. The van der Waals surface area contributed by atoms with Gasteiger partial charge in [-0.3, -0.25) is 14.4 Å². The molecule has 0 bridgehead atoms. The smallest absolute Gasteiger partial charge is 0.327 e. The van der Waals surface area contributed by atoms with Crippen LogP contribution in [0.2, 0.25) is 0 Å². The second-order valence-electron chi connectivity index (χ2n) is 7.25. The van der Waals surface area contributed by atoms with Crippen LogP contribution >= 0.6 is 25.3 Å². The lowest BCUT2D eigenvalue weighted by atomic mass is 10.0. The molecule has 0 aromatic rings. The fraction of sp³-hybridized carbons (Fsp3) is 0.765. The van der Waals surface area contributed by atoms with Crippen LogP contribution in [0.5, 0.6) is 0 Å². The van der Waals surface area contributed by atoms with Crippen molar-refractivity contribution in [2.24, 2.45) is 11.7 Å². The van der Waals surface area contributed by atoms with Gasteiger partial charge in [-0.1, -0.05) is 13.8 Å². The Morgan fingerprint density at radius 3 is 2.29 bits per heavy atom. The molecule has 0 spiro atoms. The van der Waals surface area contributed by atoms with Gasteiger partial charge in [-0.15, -0.1) is 0 Å². The van der Waals surface area contributed by atoms with Crippen LogP contribution in [0.4, 0.5) is 0 Å². The highest BCUT2D eigenvalue weighted by molar-refractivity contribution is 7.80. The molecule has 160 valence electrons. The van der Waals surface area contributed by atoms with Gasteiger partial charge in [0.05, 0.1) is 6.04 Å². The molecule has 1 aliphatic heterocycles. The largest absolute Gasteiger partial charge is 0.480 e. The summed E-state index contributed by atoms with van der Waals surface area (Å²) in [6, 6.07) is -3.56. The summed E-state index contributed by atoms with van der Waals surface area (Å²) in [4.78, 5) is 50.3. The van der Waals surface area contributed by atoms with Crippen LogP contribution in [-0.4, -0.2) is 75.9 Å². The maximum Gasteiger partial charge on any atom is 0.327 e. The van der Waals surface area contributed by atoms with Gasteiger partial charge in [0.2, 0.25) is 17.7 Å². The molecule has 0 aliphatic carbocycles. The molecule has 9 nitrogen and oxygen atoms in total. The molecule has 1 saturated heterocycles. The van der Waals surface area contributed by atoms with Gasteiger partial charge in [0, 0.05) is 18.1 Å². The number of carboxylic acid groups (broad SMARTS) is 1. The van der Waals surface area contributed by atoms with Crippen LogP contribution in [0, 0.1) is 5.92 Å². The van der Waals surface area contributed by atoms with E-state index >= 15 is 0 Å². The van der Waals surface area contributed by atoms with Gasteiger partial charge in [0.1, 0.15) is 18.1 Å². The molecule has 0 aromatic carbocycles. The lowest BCUT2D eigenvalue weighted by molar-refractivity contribution is -0.142. The van der Waals surface area contributed by atoms with Crippen molar-refractivity contribution in [1.82, 2.24) is 15.5 Å². The number of carboxylic acids is 1. The first-order valence-electron chi connectivity index (χ1n) is 9.23. The van der Waals surface area contributed by atoms with Gasteiger partial charge >= 0.3 is 5.97 Å². The SMILES string of the molecule is CC(C)C[C@H](NC(=O)[C@@H]1CCCN1C(=O)[C@@H](N)CS)C(=O)N[C@@H](CS)C(=O)O. The highest BCUT2D eigenvalue weighted by Crippen LogP contribution is 2.19. The summed E-state index contributed by atoms with van der Waals surface area (Å²) in [6.07, 6.45) is 1.46. The minimum atomic E-state index is -1.20. The third-order valence-electron chi connectivity index (χ3n) is 4.49. The van der Waals surface area contributed by atoms with E-state index in [-0.39, 0.29) is 23.3 Å². The number of thiol groups is 2. The van der Waals surface area contributed by atoms with E-state index in [1.54, 1.807) is 0 Å². The van der Waals surface area contributed by atoms with Gasteiger partial charge in [0.25, 0.3) is 0 Å². The quantitative estimate of drug-likeness (QED) is 0.250. The second kappa shape index (κ2) is 11.5. The number of hydrogen-bond acceptors (Lipinski definition) is 7. The molecule has 4 atom stereocenters. The summed E-state index contributed by atoms with van der Waals surface area (Å²) in [5.41, 5.74) is 5.75. The Balaban J connectivity index is 2.87. The van der Waals surface area contributed by atoms with Gasteiger partial charge in [-0.25, -0.2) is 4.79 Å². The van der Waals surface area contributed by atoms with Gasteiger partial charge in [-0.2, -0.15) is 25.3 Å². The third kappa shape index (κ3) is 6.85. The standard InChI is InChI=1S/C17H30N4O5S2/c1-9(2)6-11(14(22)20-12(8-28)17(25)26)19-15(23)13-4-3-5-21(13)16(24)10(18)7-27/h9-13,27-28H,3-8,18H2,1-2H3,(H,19,23)(H,20,22)(H,25,26)/t10-,11-,12-,13-/m0/s1. The first kappa shape index (κ1) is 24.6. The van der Waals surface area contributed by atoms with Crippen LogP contribution < -0.4 is 16.4 Å². The van der Waals surface area contributed by atoms with E-state index < -0.39 is 42.0 Å². The Bertz CT molecular complexity index is 590. The zero-order valence-corrected chi connectivity index (χ0v) is 17.9. The molecule has 0 aromatic heterocycles. The van der Waals surface area contributed by atoms with Crippen LogP contribution in [0.15, 0.2) is 0 Å². The molecule has 28 heavy (non-hydrogen) atoms. The van der Waals surface area contributed by atoms with Crippen LogP contribution in [-0.2, 0) is 19.2 Å². The fourth-order valence-corrected chi connectivity index (χ4v) is 3.43. The van der Waals surface area contributed by atoms with Crippen LogP contribution in [0.1, 0.15) is 33.1 Å². The molecule has 0 radical (unpaired) electrons. The molecular formula is C17H30N4O5S2. The normalized spacial score (nSPS) is 19.8. The number of nitrogens with zero attached hydrogens (tertiary/aromatic N) is 1. The van der Waals surface area contributed by atoms with E-state index in [2.05, 4.69) is 35.9 Å². The third-order valence-corrected chi connectivity index (χ3v) is 5.25. The molecule has 1 aliphatic rings. The van der Waals surface area contributed by atoms with Crippen molar-refractivity contribution in [2.75, 3.05) is 18.1 Å². The Kier molecular flexibility index (Phi) is 10.1. The molecule has 3 amide bonds. The molecule has 1 heterocycles. The average molecular weight is 435 g/mol. The monoisotopic (exact) mass is 434 g/mol. The summed E-state index contributed by atoms with van der Waals surface area (Å²) in [6.45, 7) is 4.19. The topological polar surface area (TPSA) is 142 Å². The van der Waals surface area contributed by atoms with Crippen LogP contribution in [0.3, 0.4) is 0 Å². The summed E-state index contributed by atoms with van der Waals surface area (Å²) < 4.78 is 0. The summed E-state index contributed by atoms with van der Waals surface area (Å²) in [5.74, 6) is -2.42. The first-order valence-corrected chi connectivity index (χ1v) is 10.5. The lowest BCUT2D eigenvalue weighted by Gasteiger charge is -2.28. The molecular weight excluding hydrogens is 404 g/mol. The second-order valence-corrected chi connectivity index (χ2v) is 7.98. The number of nitrogens with one attached hydrogen (secondary N) is 2. The van der Waals surface area contributed by atoms with Crippen molar-refractivity contribution in [3.05, 3.63) is 0 Å². The summed E-state index contributed by atoms with van der Waals surface area (Å²) >= 11 is 7.95. The highest BCUT2D eigenvalue weighted by atomic mass is 32.1. The molecule has 11 heteroatoms. The molecule has 0 unspecified atom stereocenters. The van der Waals surface area contributed by atoms with Crippen molar-refractivity contribution in [1.29, 1.82) is 0 Å². The van der Waals surface area contributed by atoms with Crippen molar-refractivity contribution >= 4 is 48.9 Å². The number of likely N-dealkylation sites (tertiary alicyclic amines) is 1. The summed E-state index contributed by atoms with van der Waals surface area (Å²) in [7, 11) is 0. The van der Waals surface area contributed by atoms with E-state index in [1.807, 2.05) is 13.8 Å². The van der Waals surface area contributed by atoms with Crippen molar-refractivity contribution in [3.8, 4) is 0 Å². The van der Waals surface area contributed by atoms with Crippen molar-refractivity contribution < 1.29 is 24.3 Å². The minimum absolute atomic E-state index is 0.0735. The average Bonchev–Trinajstić information content (AvgIpc) is 3.13. The number of amides is 3. The van der Waals surface area contributed by atoms with E-state index in [1.165, 1.54) is 4.90 Å². The Hall–Kier alpha value is -1.46. The number of rotatable bonds is 10. The zero-order valence-electron chi connectivity index (χ0n) is 16.1. The van der Waals surface area contributed by atoms with Gasteiger partial charge in [0.15, 0.2) is 0 Å². The van der Waals surface area contributed by atoms with Crippen molar-refractivity contribution in [3.63, 3.8) is 0 Å². The Morgan fingerprint density at radius 1 is 1.14 bits per heavy atom. The number of hydrogen-bond donors (Lipinski definition) is 6. The van der Waals surface area contributed by atoms with E-state index in [4.69, 9.17) is 10.8 Å².